The predicted molar refractivity (Wildman–Crippen MR) is 89.5 cm³/mol. The monoisotopic (exact) mass is 330 g/mol. The molecule has 0 atom stereocenters. The van der Waals surface area contributed by atoms with Crippen molar-refractivity contribution in [3.8, 4) is 5.75 Å². The number of aromatic nitrogens is 2. The average molecular weight is 330 g/mol. The Morgan fingerprint density at radius 3 is 2.75 bits per heavy atom. The van der Waals surface area contributed by atoms with Gasteiger partial charge in [0.15, 0.2) is 5.82 Å². The standard InChI is InChI=1S/C17H16F2N4O/c1-3-24-15-7-14-10(6-12(15)20)17(22-8-21-14)23-13-5-4-11(18)9(2)16(13)19/h4-8H,3,20H2,1-2H3,(H,21,22,23). The molecule has 0 aliphatic heterocycles. The summed E-state index contributed by atoms with van der Waals surface area (Å²) >= 11 is 0. The van der Waals surface area contributed by atoms with Gasteiger partial charge in [-0.15, -0.1) is 0 Å². The van der Waals surface area contributed by atoms with Crippen LogP contribution in [0.3, 0.4) is 0 Å². The molecule has 0 unspecified atom stereocenters. The summed E-state index contributed by atoms with van der Waals surface area (Å²) in [5.41, 5.74) is 7.07. The molecule has 0 radical (unpaired) electrons. The maximum atomic E-state index is 14.2. The van der Waals surface area contributed by atoms with Crippen LogP contribution in [-0.2, 0) is 0 Å². The van der Waals surface area contributed by atoms with Gasteiger partial charge in [0.05, 0.1) is 23.5 Å². The summed E-state index contributed by atoms with van der Waals surface area (Å²) in [5, 5.41) is 3.48. The van der Waals surface area contributed by atoms with Crippen LogP contribution in [0.1, 0.15) is 12.5 Å². The number of nitrogen functional groups attached to an aromatic ring is 1. The zero-order valence-electron chi connectivity index (χ0n) is 13.2. The summed E-state index contributed by atoms with van der Waals surface area (Å²) in [5.74, 6) is -0.366. The first-order chi connectivity index (χ1) is 11.5. The molecule has 0 saturated carbocycles. The SMILES string of the molecule is CCOc1cc2ncnc(Nc3ccc(F)c(C)c3F)c2cc1N. The van der Waals surface area contributed by atoms with Crippen molar-refractivity contribution in [1.29, 1.82) is 0 Å². The minimum Gasteiger partial charge on any atom is -0.492 e. The second kappa shape index (κ2) is 6.27. The van der Waals surface area contributed by atoms with Gasteiger partial charge in [0.25, 0.3) is 0 Å². The first-order valence-corrected chi connectivity index (χ1v) is 7.40. The molecule has 3 aromatic rings. The summed E-state index contributed by atoms with van der Waals surface area (Å²) in [7, 11) is 0. The van der Waals surface area contributed by atoms with Crippen molar-refractivity contribution in [2.75, 3.05) is 17.7 Å². The summed E-state index contributed by atoms with van der Waals surface area (Å²) in [6.45, 7) is 3.71. The Morgan fingerprint density at radius 2 is 2.00 bits per heavy atom. The number of nitrogens with two attached hydrogens (primary N) is 1. The van der Waals surface area contributed by atoms with Gasteiger partial charge in [0, 0.05) is 17.0 Å². The van der Waals surface area contributed by atoms with Crippen molar-refractivity contribution < 1.29 is 13.5 Å². The van der Waals surface area contributed by atoms with Crippen molar-refractivity contribution in [2.45, 2.75) is 13.8 Å². The molecule has 0 amide bonds. The van der Waals surface area contributed by atoms with E-state index in [0.29, 0.717) is 34.8 Å². The molecule has 24 heavy (non-hydrogen) atoms. The fraction of sp³-hybridized carbons (Fsp3) is 0.176. The molecule has 5 nitrogen and oxygen atoms in total. The lowest BCUT2D eigenvalue weighted by Crippen LogP contribution is -2.02. The van der Waals surface area contributed by atoms with E-state index in [1.165, 1.54) is 25.4 Å². The summed E-state index contributed by atoms with van der Waals surface area (Å²) in [6, 6.07) is 5.89. The highest BCUT2D eigenvalue weighted by Gasteiger charge is 2.13. The second-order valence-corrected chi connectivity index (χ2v) is 5.22. The van der Waals surface area contributed by atoms with Crippen LogP contribution in [0.5, 0.6) is 5.75 Å². The number of hydrogen-bond donors (Lipinski definition) is 2. The van der Waals surface area contributed by atoms with E-state index in [0.717, 1.165) is 0 Å². The van der Waals surface area contributed by atoms with Crippen LogP contribution >= 0.6 is 0 Å². The lowest BCUT2D eigenvalue weighted by molar-refractivity contribution is 0.342. The molecule has 0 fully saturated rings. The number of halogens is 2. The number of nitrogens with one attached hydrogen (secondary N) is 1. The Morgan fingerprint density at radius 1 is 1.21 bits per heavy atom. The molecule has 0 aliphatic carbocycles. The second-order valence-electron chi connectivity index (χ2n) is 5.22. The van der Waals surface area contributed by atoms with Crippen LogP contribution in [0.2, 0.25) is 0 Å². The molecule has 124 valence electrons. The number of ether oxygens (including phenoxy) is 1. The van der Waals surface area contributed by atoms with E-state index in [2.05, 4.69) is 15.3 Å². The van der Waals surface area contributed by atoms with Gasteiger partial charge in [-0.3, -0.25) is 0 Å². The van der Waals surface area contributed by atoms with Gasteiger partial charge in [-0.2, -0.15) is 0 Å². The first-order valence-electron chi connectivity index (χ1n) is 7.40. The Balaban J connectivity index is 2.07. The summed E-state index contributed by atoms with van der Waals surface area (Å²) in [4.78, 5) is 8.31. The first kappa shape index (κ1) is 15.9. The maximum Gasteiger partial charge on any atom is 0.152 e. The molecule has 1 aromatic heterocycles. The third-order valence-corrected chi connectivity index (χ3v) is 3.64. The van der Waals surface area contributed by atoms with Gasteiger partial charge in [0.1, 0.15) is 23.7 Å². The van der Waals surface area contributed by atoms with Gasteiger partial charge < -0.3 is 15.8 Å². The molecule has 3 rings (SSSR count). The van der Waals surface area contributed by atoms with Gasteiger partial charge in [-0.05, 0) is 32.0 Å². The molecule has 0 saturated heterocycles. The van der Waals surface area contributed by atoms with Gasteiger partial charge in [-0.1, -0.05) is 0 Å². The molecular formula is C17H16F2N4O. The Kier molecular flexibility index (Phi) is 4.16. The fourth-order valence-electron chi connectivity index (χ4n) is 2.37. The van der Waals surface area contributed by atoms with Gasteiger partial charge in [0.2, 0.25) is 0 Å². The predicted octanol–water partition coefficient (Wildman–Crippen LogP) is 3.94. The highest BCUT2D eigenvalue weighted by atomic mass is 19.1. The van der Waals surface area contributed by atoms with Crippen LogP contribution < -0.4 is 15.8 Å². The molecule has 2 aromatic carbocycles. The van der Waals surface area contributed by atoms with Crippen molar-refractivity contribution in [2.24, 2.45) is 0 Å². The number of hydrogen-bond acceptors (Lipinski definition) is 5. The van der Waals surface area contributed by atoms with E-state index in [1.807, 2.05) is 6.92 Å². The number of fused-ring (bicyclic) bond motifs is 1. The van der Waals surface area contributed by atoms with Crippen molar-refractivity contribution in [3.05, 3.63) is 47.8 Å². The van der Waals surface area contributed by atoms with Crippen LogP contribution in [0.15, 0.2) is 30.6 Å². The third-order valence-electron chi connectivity index (χ3n) is 3.64. The molecule has 1 heterocycles. The molecule has 3 N–H and O–H groups in total. The normalized spacial score (nSPS) is 10.8. The zero-order chi connectivity index (χ0) is 17.3. The van der Waals surface area contributed by atoms with Gasteiger partial charge in [-0.25, -0.2) is 18.7 Å². The minimum atomic E-state index is -0.666. The van der Waals surface area contributed by atoms with Crippen LogP contribution in [0, 0.1) is 18.6 Å². The van der Waals surface area contributed by atoms with E-state index in [1.54, 1.807) is 12.1 Å². The quantitative estimate of drug-likeness (QED) is 0.709. The van der Waals surface area contributed by atoms with Crippen molar-refractivity contribution in [1.82, 2.24) is 9.97 Å². The number of nitrogens with zero attached hydrogens (tertiary/aromatic N) is 2. The number of benzene rings is 2. The smallest absolute Gasteiger partial charge is 0.152 e. The summed E-state index contributed by atoms with van der Waals surface area (Å²) < 4.78 is 33.0. The molecular weight excluding hydrogens is 314 g/mol. The number of anilines is 3. The highest BCUT2D eigenvalue weighted by Crippen LogP contribution is 2.32. The molecule has 7 heteroatoms. The van der Waals surface area contributed by atoms with E-state index < -0.39 is 11.6 Å². The van der Waals surface area contributed by atoms with E-state index in [9.17, 15) is 8.78 Å². The number of rotatable bonds is 4. The maximum absolute atomic E-state index is 14.2. The zero-order valence-corrected chi connectivity index (χ0v) is 13.2. The van der Waals surface area contributed by atoms with Crippen LogP contribution in [0.25, 0.3) is 10.9 Å². The Labute approximate surface area is 137 Å². The molecule has 0 bridgehead atoms. The van der Waals surface area contributed by atoms with E-state index in [4.69, 9.17) is 10.5 Å². The third kappa shape index (κ3) is 2.80. The highest BCUT2D eigenvalue weighted by molar-refractivity contribution is 5.94. The average Bonchev–Trinajstić information content (AvgIpc) is 2.57. The fourth-order valence-corrected chi connectivity index (χ4v) is 2.37. The van der Waals surface area contributed by atoms with Crippen LogP contribution in [-0.4, -0.2) is 16.6 Å². The van der Waals surface area contributed by atoms with E-state index >= 15 is 0 Å². The minimum absolute atomic E-state index is 0.0588. The van der Waals surface area contributed by atoms with Crippen molar-refractivity contribution >= 4 is 28.1 Å². The largest absolute Gasteiger partial charge is 0.492 e. The topological polar surface area (TPSA) is 73.1 Å². The lowest BCUT2D eigenvalue weighted by atomic mass is 10.1. The van der Waals surface area contributed by atoms with Crippen molar-refractivity contribution in [3.63, 3.8) is 0 Å². The van der Waals surface area contributed by atoms with Gasteiger partial charge >= 0.3 is 0 Å². The van der Waals surface area contributed by atoms with E-state index in [-0.39, 0.29) is 11.3 Å². The lowest BCUT2D eigenvalue weighted by Gasteiger charge is -2.13. The van der Waals surface area contributed by atoms with Crippen LogP contribution in [0.4, 0.5) is 26.0 Å². The Bertz CT molecular complexity index is 915. The molecule has 0 aliphatic rings. The Hall–Kier alpha value is -2.96. The summed E-state index contributed by atoms with van der Waals surface area (Å²) in [6.07, 6.45) is 1.35. The molecule has 0 spiro atoms.